The van der Waals surface area contributed by atoms with Crippen LogP contribution in [0.15, 0.2) is 207 Å². The molecule has 0 aromatic carbocycles. The monoisotopic (exact) mass is 1540 g/mol. The van der Waals surface area contributed by atoms with Gasteiger partial charge in [-0.1, -0.05) is 292 Å². The van der Waals surface area contributed by atoms with E-state index in [0.717, 1.165) is 148 Å². The van der Waals surface area contributed by atoms with Crippen molar-refractivity contribution in [2.45, 2.75) is 290 Å². The lowest BCUT2D eigenvalue weighted by Gasteiger charge is -2.21. The molecule has 0 aromatic heterocycles. The van der Waals surface area contributed by atoms with Crippen LogP contribution in [0, 0.1) is 0 Å². The molecule has 0 radical (unpaired) electrons. The molecule has 0 saturated heterocycles. The molecule has 0 aliphatic heterocycles. The lowest BCUT2D eigenvalue weighted by atomic mass is 10.1. The normalized spacial score (nSPS) is 14.9. The van der Waals surface area contributed by atoms with Gasteiger partial charge in [0.1, 0.15) is 19.3 Å². The summed E-state index contributed by atoms with van der Waals surface area (Å²) in [6.07, 6.45) is 98.6. The number of hydrogen-bond donors (Lipinski definition) is 3. The standard InChI is InChI=1S/C89H140O17P2/c1-5-9-13-17-21-25-29-33-37-39-41-43-47-49-53-57-61-65-69-73-86(91)99-79-84(105-88(93)75-71-67-63-59-55-51-45-35-31-27-23-19-15-11-7-3)81-103-107(95,96)101-77-83(90)78-102-108(97,98)104-82-85(106-89(94)76-72-68-64-60-56-52-46-36-32-28-24-20-16-12-8-4)80-100-87(92)74-70-66-62-58-54-50-48-44-42-40-38-34-30-26-22-18-14-10-6-2/h9-11,13-15,21-23,25-27,33-38,41-46,49-50,53-55,59,61,65,67,71,83-85,90H,5-8,12,16-20,24,28-32,39-40,47-48,51-52,56-58,60,62-64,66,68-70,72-82H2,1-4H3,(H,95,96)(H,97,98)/b13-9-,14-10-,15-11-,25-21-,26-22-,27-23-,37-33-,38-34-,43-41-,44-42-,45-35-,46-36-,53-49-,54-50-,59-55-,65-61-,71-67-. The van der Waals surface area contributed by atoms with E-state index in [1.54, 1.807) is 12.2 Å². The van der Waals surface area contributed by atoms with Crippen molar-refractivity contribution in [2.75, 3.05) is 39.6 Å². The van der Waals surface area contributed by atoms with Gasteiger partial charge in [0.15, 0.2) is 12.2 Å². The lowest BCUT2D eigenvalue weighted by Crippen LogP contribution is -2.30. The molecular weight excluding hydrogens is 1400 g/mol. The second kappa shape index (κ2) is 78.8. The Hall–Kier alpha value is -6.36. The quantitative estimate of drug-likeness (QED) is 0.0169. The van der Waals surface area contributed by atoms with Crippen LogP contribution in [-0.2, 0) is 65.4 Å². The van der Waals surface area contributed by atoms with Gasteiger partial charge in [0, 0.05) is 19.3 Å². The van der Waals surface area contributed by atoms with E-state index in [-0.39, 0.29) is 25.7 Å². The van der Waals surface area contributed by atoms with Crippen LogP contribution in [-0.4, -0.2) is 96.7 Å². The lowest BCUT2D eigenvalue weighted by molar-refractivity contribution is -0.161. The zero-order valence-electron chi connectivity index (χ0n) is 66.4. The molecule has 0 saturated carbocycles. The molecule has 0 rings (SSSR count). The van der Waals surface area contributed by atoms with Crippen molar-refractivity contribution < 1.29 is 80.2 Å². The molecule has 0 fully saturated rings. The highest BCUT2D eigenvalue weighted by atomic mass is 31.2. The van der Waals surface area contributed by atoms with E-state index in [1.807, 2.05) is 30.4 Å². The molecule has 5 atom stereocenters. The van der Waals surface area contributed by atoms with E-state index in [4.69, 9.17) is 37.0 Å². The van der Waals surface area contributed by atoms with Crippen LogP contribution in [0.3, 0.4) is 0 Å². The summed E-state index contributed by atoms with van der Waals surface area (Å²) < 4.78 is 68.4. The van der Waals surface area contributed by atoms with Gasteiger partial charge in [-0.2, -0.15) is 0 Å². The summed E-state index contributed by atoms with van der Waals surface area (Å²) in [5, 5.41) is 10.6. The topological polar surface area (TPSA) is 237 Å². The van der Waals surface area contributed by atoms with Gasteiger partial charge in [-0.15, -0.1) is 0 Å². The van der Waals surface area contributed by atoms with Gasteiger partial charge in [0.25, 0.3) is 0 Å². The Morgan fingerprint density at radius 3 is 0.898 bits per heavy atom. The van der Waals surface area contributed by atoms with Gasteiger partial charge in [-0.3, -0.25) is 37.3 Å². The molecule has 608 valence electrons. The Bertz CT molecular complexity index is 2860. The van der Waals surface area contributed by atoms with Crippen molar-refractivity contribution in [3.8, 4) is 0 Å². The van der Waals surface area contributed by atoms with E-state index in [2.05, 4.69) is 192 Å². The predicted molar refractivity (Wildman–Crippen MR) is 445 cm³/mol. The van der Waals surface area contributed by atoms with Crippen LogP contribution in [0.5, 0.6) is 0 Å². The number of unbranched alkanes of at least 4 members (excludes halogenated alkanes) is 14. The summed E-state index contributed by atoms with van der Waals surface area (Å²) in [4.78, 5) is 73.0. The molecule has 5 unspecified atom stereocenters. The number of allylic oxidation sites excluding steroid dienone is 33. The number of hydrogen-bond acceptors (Lipinski definition) is 15. The zero-order chi connectivity index (χ0) is 78.9. The number of ether oxygens (including phenoxy) is 4. The highest BCUT2D eigenvalue weighted by molar-refractivity contribution is 7.47. The smallest absolute Gasteiger partial charge is 0.462 e. The average molecular weight is 1540 g/mol. The Balaban J connectivity index is 5.55. The Labute approximate surface area is 652 Å². The third kappa shape index (κ3) is 77.8. The summed E-state index contributed by atoms with van der Waals surface area (Å²) in [5.74, 6) is -2.49. The first kappa shape index (κ1) is 102. The van der Waals surface area contributed by atoms with E-state index in [1.165, 1.54) is 38.5 Å². The molecule has 0 aliphatic rings. The summed E-state index contributed by atoms with van der Waals surface area (Å²) in [6.45, 7) is 4.25. The van der Waals surface area contributed by atoms with Crippen molar-refractivity contribution >= 4 is 39.5 Å². The Morgan fingerprint density at radius 2 is 0.537 bits per heavy atom. The van der Waals surface area contributed by atoms with E-state index < -0.39 is 97.5 Å². The fourth-order valence-corrected chi connectivity index (χ4v) is 11.3. The molecule has 0 aliphatic carbocycles. The molecule has 0 aromatic rings. The molecule has 3 N–H and O–H groups in total. The summed E-state index contributed by atoms with van der Waals surface area (Å²) >= 11 is 0. The summed E-state index contributed by atoms with van der Waals surface area (Å²) in [6, 6.07) is 0. The number of aliphatic hydroxyl groups excluding tert-OH is 1. The molecule has 0 heterocycles. The predicted octanol–water partition coefficient (Wildman–Crippen LogP) is 23.9. The fraction of sp³-hybridized carbons (Fsp3) is 0.573. The maximum absolute atomic E-state index is 13.1. The second-order valence-electron chi connectivity index (χ2n) is 25.9. The number of phosphoric acid groups is 2. The van der Waals surface area contributed by atoms with Gasteiger partial charge in [0.2, 0.25) is 0 Å². The first-order valence-electron chi connectivity index (χ1n) is 40.3. The van der Waals surface area contributed by atoms with E-state index >= 15 is 0 Å². The molecule has 0 spiro atoms. The van der Waals surface area contributed by atoms with Crippen LogP contribution >= 0.6 is 15.6 Å². The highest BCUT2D eigenvalue weighted by Crippen LogP contribution is 2.45. The first-order valence-corrected chi connectivity index (χ1v) is 43.3. The third-order valence-electron chi connectivity index (χ3n) is 15.8. The number of aliphatic hydroxyl groups is 1. The van der Waals surface area contributed by atoms with Crippen molar-refractivity contribution in [1.82, 2.24) is 0 Å². The summed E-state index contributed by atoms with van der Waals surface area (Å²) in [7, 11) is -10.0. The van der Waals surface area contributed by atoms with Crippen molar-refractivity contribution in [2.24, 2.45) is 0 Å². The van der Waals surface area contributed by atoms with Crippen molar-refractivity contribution in [1.29, 1.82) is 0 Å². The number of esters is 4. The minimum absolute atomic E-state index is 0.00744. The minimum Gasteiger partial charge on any atom is -0.462 e. The largest absolute Gasteiger partial charge is 0.472 e. The van der Waals surface area contributed by atoms with Crippen LogP contribution in [0.2, 0.25) is 0 Å². The van der Waals surface area contributed by atoms with Crippen LogP contribution in [0.4, 0.5) is 0 Å². The molecule has 19 heteroatoms. The van der Waals surface area contributed by atoms with E-state index in [9.17, 15) is 43.2 Å². The molecule has 0 amide bonds. The molecule has 108 heavy (non-hydrogen) atoms. The average Bonchev–Trinajstić information content (AvgIpc) is 0.923. The Kier molecular flexibility index (Phi) is 74.1. The zero-order valence-corrected chi connectivity index (χ0v) is 68.2. The van der Waals surface area contributed by atoms with Crippen molar-refractivity contribution in [3.05, 3.63) is 207 Å². The van der Waals surface area contributed by atoms with Gasteiger partial charge >= 0.3 is 39.5 Å². The highest BCUT2D eigenvalue weighted by Gasteiger charge is 2.30. The Morgan fingerprint density at radius 1 is 0.278 bits per heavy atom. The van der Waals surface area contributed by atoms with Crippen molar-refractivity contribution in [3.63, 3.8) is 0 Å². The van der Waals surface area contributed by atoms with E-state index in [0.29, 0.717) is 32.1 Å². The summed E-state index contributed by atoms with van der Waals surface area (Å²) in [5.41, 5.74) is 0. The number of rotatable bonds is 73. The van der Waals surface area contributed by atoms with Gasteiger partial charge in [-0.25, -0.2) is 9.13 Å². The fourth-order valence-electron chi connectivity index (χ4n) is 9.75. The van der Waals surface area contributed by atoms with Crippen LogP contribution in [0.25, 0.3) is 0 Å². The minimum atomic E-state index is -5.03. The van der Waals surface area contributed by atoms with Crippen LogP contribution in [0.1, 0.15) is 272 Å². The second-order valence-corrected chi connectivity index (χ2v) is 28.8. The van der Waals surface area contributed by atoms with Gasteiger partial charge in [-0.05, 0) is 161 Å². The van der Waals surface area contributed by atoms with Crippen LogP contribution < -0.4 is 0 Å². The maximum Gasteiger partial charge on any atom is 0.472 e. The van der Waals surface area contributed by atoms with Gasteiger partial charge in [0.05, 0.1) is 32.8 Å². The SMILES string of the molecule is CC/C=C\C/C=C\C/C=C\C/C=C\C/C=C\C/C=C\CCC(=O)OCC(COP(=O)(O)OCC(O)COP(=O)(O)OCC(COC(=O)CCCCC/C=C\C/C=C\C/C=C\C/C=C\C/C=C\CC)OC(=O)CCCCCCC/C=C\CCCCCCCC)OC(=O)C/C=C\C/C=C\C/C=C\C/C=C\C/C=C\CC. The first-order chi connectivity index (χ1) is 52.7. The number of carbonyl (C=O) groups is 4. The number of carbonyl (C=O) groups excluding carboxylic acids is 4. The maximum atomic E-state index is 13.1. The molecule has 17 nitrogen and oxygen atoms in total. The van der Waals surface area contributed by atoms with Gasteiger partial charge < -0.3 is 33.8 Å². The third-order valence-corrected chi connectivity index (χ3v) is 17.7. The molecule has 0 bridgehead atoms. The number of phosphoric ester groups is 2. The molecular formula is C89H140O17P2.